The first-order valence-electron chi connectivity index (χ1n) is 7.49. The summed E-state index contributed by atoms with van der Waals surface area (Å²) in [5.74, 6) is 0.730. The molecule has 3 aromatic rings. The topological polar surface area (TPSA) is 85.1 Å². The van der Waals surface area contributed by atoms with Crippen molar-refractivity contribution in [3.8, 4) is 11.5 Å². The summed E-state index contributed by atoms with van der Waals surface area (Å²) in [7, 11) is -3.59. The van der Waals surface area contributed by atoms with Crippen molar-refractivity contribution in [2.45, 2.75) is 18.2 Å². The Labute approximate surface area is 140 Å². The number of nitrogens with one attached hydrogen (secondary N) is 1. The molecule has 0 aliphatic rings. The minimum atomic E-state index is -3.59. The van der Waals surface area contributed by atoms with Gasteiger partial charge in [0.05, 0.1) is 4.90 Å². The molecular weight excluding hydrogens is 326 g/mol. The molecule has 0 saturated carbocycles. The molecule has 1 heterocycles. The number of aryl methyl sites for hydroxylation is 1. The lowest BCUT2D eigenvalue weighted by molar-refractivity contribution is 0.532. The molecule has 124 valence electrons. The van der Waals surface area contributed by atoms with Crippen LogP contribution in [0, 0.1) is 6.92 Å². The maximum Gasteiger partial charge on any atom is 0.247 e. The molecule has 1 N–H and O–H groups in total. The van der Waals surface area contributed by atoms with Crippen LogP contribution in [-0.4, -0.2) is 25.2 Å². The van der Waals surface area contributed by atoms with Crippen molar-refractivity contribution in [1.29, 1.82) is 0 Å². The van der Waals surface area contributed by atoms with E-state index in [1.807, 2.05) is 30.3 Å². The van der Waals surface area contributed by atoms with E-state index in [4.69, 9.17) is 4.42 Å². The minimum absolute atomic E-state index is 0.170. The van der Waals surface area contributed by atoms with Gasteiger partial charge in [-0.2, -0.15) is 0 Å². The fraction of sp³-hybridized carbons (Fsp3) is 0.176. The fourth-order valence-corrected chi connectivity index (χ4v) is 3.34. The molecular formula is C17H17N3O3S. The van der Waals surface area contributed by atoms with Gasteiger partial charge < -0.3 is 4.42 Å². The zero-order valence-corrected chi connectivity index (χ0v) is 14.0. The predicted octanol–water partition coefficient (Wildman–Crippen LogP) is 2.57. The second kappa shape index (κ2) is 6.94. The summed E-state index contributed by atoms with van der Waals surface area (Å²) in [5.41, 5.74) is 1.65. The Bertz CT molecular complexity index is 921. The number of sulfonamides is 1. The van der Waals surface area contributed by atoms with Gasteiger partial charge in [-0.25, -0.2) is 13.1 Å². The van der Waals surface area contributed by atoms with Gasteiger partial charge in [-0.15, -0.1) is 10.2 Å². The number of nitrogens with zero attached hydrogens (tertiary/aromatic N) is 2. The van der Waals surface area contributed by atoms with Crippen molar-refractivity contribution in [3.05, 3.63) is 66.1 Å². The Morgan fingerprint density at radius 3 is 2.54 bits per heavy atom. The highest BCUT2D eigenvalue weighted by Crippen LogP contribution is 2.21. The quantitative estimate of drug-likeness (QED) is 0.743. The lowest BCUT2D eigenvalue weighted by Gasteiger charge is -2.07. The number of hydrogen-bond donors (Lipinski definition) is 1. The van der Waals surface area contributed by atoms with Gasteiger partial charge in [0.15, 0.2) is 0 Å². The molecule has 0 atom stereocenters. The Morgan fingerprint density at radius 1 is 1.04 bits per heavy atom. The van der Waals surface area contributed by atoms with Gasteiger partial charge in [-0.1, -0.05) is 36.4 Å². The van der Waals surface area contributed by atoms with Crippen LogP contribution >= 0.6 is 0 Å². The minimum Gasteiger partial charge on any atom is -0.421 e. The average molecular weight is 343 g/mol. The third kappa shape index (κ3) is 3.87. The van der Waals surface area contributed by atoms with Crippen LogP contribution in [0.2, 0.25) is 0 Å². The molecule has 0 radical (unpaired) electrons. The number of rotatable bonds is 6. The monoisotopic (exact) mass is 343 g/mol. The van der Waals surface area contributed by atoms with Crippen LogP contribution in [0.1, 0.15) is 11.5 Å². The molecule has 0 saturated heterocycles. The molecule has 0 aliphatic heterocycles. The second-order valence-corrected chi connectivity index (χ2v) is 7.05. The van der Waals surface area contributed by atoms with E-state index in [9.17, 15) is 8.42 Å². The van der Waals surface area contributed by atoms with Crippen molar-refractivity contribution in [3.63, 3.8) is 0 Å². The summed E-state index contributed by atoms with van der Waals surface area (Å²) in [4.78, 5) is 0.170. The summed E-state index contributed by atoms with van der Waals surface area (Å²) in [6, 6.07) is 16.2. The number of benzene rings is 2. The van der Waals surface area contributed by atoms with Gasteiger partial charge in [-0.3, -0.25) is 0 Å². The van der Waals surface area contributed by atoms with Crippen LogP contribution in [0.15, 0.2) is 63.9 Å². The molecule has 0 unspecified atom stereocenters. The van der Waals surface area contributed by atoms with Crippen molar-refractivity contribution < 1.29 is 12.8 Å². The van der Waals surface area contributed by atoms with Crippen LogP contribution in [-0.2, 0) is 16.4 Å². The van der Waals surface area contributed by atoms with Crippen LogP contribution in [0.25, 0.3) is 11.5 Å². The lowest BCUT2D eigenvalue weighted by atomic mass is 10.2. The standard InChI is InChI=1S/C17H17N3O3S/c1-13-19-20-17(23-13)15-8-5-9-16(12-15)24(21,22)18-11-10-14-6-3-2-4-7-14/h2-9,12,18H,10-11H2,1H3. The van der Waals surface area contributed by atoms with Crippen molar-refractivity contribution in [2.24, 2.45) is 0 Å². The second-order valence-electron chi connectivity index (χ2n) is 5.29. The van der Waals surface area contributed by atoms with Crippen LogP contribution in [0.4, 0.5) is 0 Å². The SMILES string of the molecule is Cc1nnc(-c2cccc(S(=O)(=O)NCCc3ccccc3)c2)o1. The molecule has 0 fully saturated rings. The van der Waals surface area contributed by atoms with E-state index in [2.05, 4.69) is 14.9 Å². The summed E-state index contributed by atoms with van der Waals surface area (Å²) in [6.07, 6.45) is 0.628. The molecule has 1 aromatic heterocycles. The number of aromatic nitrogens is 2. The lowest BCUT2D eigenvalue weighted by Crippen LogP contribution is -2.26. The average Bonchev–Trinajstić information content (AvgIpc) is 3.02. The normalized spacial score (nSPS) is 11.5. The van der Waals surface area contributed by atoms with E-state index in [0.717, 1.165) is 5.56 Å². The zero-order valence-electron chi connectivity index (χ0n) is 13.1. The first-order chi connectivity index (χ1) is 11.5. The molecule has 0 spiro atoms. The van der Waals surface area contributed by atoms with Crippen LogP contribution in [0.5, 0.6) is 0 Å². The van der Waals surface area contributed by atoms with Crippen LogP contribution < -0.4 is 4.72 Å². The van der Waals surface area contributed by atoms with Gasteiger partial charge in [0.1, 0.15) is 0 Å². The Balaban J connectivity index is 1.72. The van der Waals surface area contributed by atoms with Gasteiger partial charge in [0, 0.05) is 19.0 Å². The largest absolute Gasteiger partial charge is 0.421 e. The van der Waals surface area contributed by atoms with Crippen molar-refractivity contribution >= 4 is 10.0 Å². The fourth-order valence-electron chi connectivity index (χ4n) is 2.27. The van der Waals surface area contributed by atoms with Gasteiger partial charge in [-0.05, 0) is 30.2 Å². The highest BCUT2D eigenvalue weighted by atomic mass is 32.2. The highest BCUT2D eigenvalue weighted by molar-refractivity contribution is 7.89. The summed E-state index contributed by atoms with van der Waals surface area (Å²) in [5, 5.41) is 7.67. The smallest absolute Gasteiger partial charge is 0.247 e. The molecule has 6 nitrogen and oxygen atoms in total. The summed E-state index contributed by atoms with van der Waals surface area (Å²) < 4.78 is 32.8. The molecule has 0 bridgehead atoms. The molecule has 0 amide bonds. The third-order valence-corrected chi connectivity index (χ3v) is 4.92. The van der Waals surface area contributed by atoms with E-state index >= 15 is 0 Å². The predicted molar refractivity (Wildman–Crippen MR) is 89.8 cm³/mol. The van der Waals surface area contributed by atoms with Gasteiger partial charge >= 0.3 is 0 Å². The molecule has 7 heteroatoms. The molecule has 2 aromatic carbocycles. The Hall–Kier alpha value is -2.51. The van der Waals surface area contributed by atoms with Crippen molar-refractivity contribution in [2.75, 3.05) is 6.54 Å². The van der Waals surface area contributed by atoms with E-state index in [1.165, 1.54) is 12.1 Å². The van der Waals surface area contributed by atoms with Crippen molar-refractivity contribution in [1.82, 2.24) is 14.9 Å². The maximum absolute atomic E-state index is 12.4. The van der Waals surface area contributed by atoms with E-state index in [0.29, 0.717) is 30.3 Å². The summed E-state index contributed by atoms with van der Waals surface area (Å²) >= 11 is 0. The molecule has 0 aliphatic carbocycles. The Kier molecular flexibility index (Phi) is 4.73. The maximum atomic E-state index is 12.4. The first kappa shape index (κ1) is 16.4. The number of hydrogen-bond acceptors (Lipinski definition) is 5. The third-order valence-electron chi connectivity index (χ3n) is 3.47. The highest BCUT2D eigenvalue weighted by Gasteiger charge is 2.15. The van der Waals surface area contributed by atoms with E-state index < -0.39 is 10.0 Å². The summed E-state index contributed by atoms with van der Waals surface area (Å²) in [6.45, 7) is 2.01. The zero-order chi connectivity index (χ0) is 17.0. The van der Waals surface area contributed by atoms with Gasteiger partial charge in [0.2, 0.25) is 21.8 Å². The van der Waals surface area contributed by atoms with E-state index in [1.54, 1.807) is 19.1 Å². The van der Waals surface area contributed by atoms with E-state index in [-0.39, 0.29) is 4.90 Å². The molecule has 24 heavy (non-hydrogen) atoms. The Morgan fingerprint density at radius 2 is 1.83 bits per heavy atom. The van der Waals surface area contributed by atoms with Crippen LogP contribution in [0.3, 0.4) is 0 Å². The van der Waals surface area contributed by atoms with Gasteiger partial charge in [0.25, 0.3) is 0 Å². The molecule has 3 rings (SSSR count). The first-order valence-corrected chi connectivity index (χ1v) is 8.97.